The highest BCUT2D eigenvalue weighted by Gasteiger charge is 1.97. The number of hydrogen-bond donors (Lipinski definition) is 1. The van der Waals surface area contributed by atoms with E-state index in [9.17, 15) is 0 Å². The molecule has 0 aromatic heterocycles. The molecular weight excluding hydrogens is 152 g/mol. The van der Waals surface area contributed by atoms with E-state index in [1.54, 1.807) is 0 Å². The van der Waals surface area contributed by atoms with E-state index in [1.165, 1.54) is 0 Å². The van der Waals surface area contributed by atoms with Crippen molar-refractivity contribution in [1.29, 1.82) is 0 Å². The topological polar surface area (TPSA) is 12.0 Å². The van der Waals surface area contributed by atoms with Gasteiger partial charge in [-0.15, -0.1) is 0 Å². The summed E-state index contributed by atoms with van der Waals surface area (Å²) in [5.41, 5.74) is 0. The second-order valence-electron chi connectivity index (χ2n) is 1.52. The number of nitrogens with one attached hydrogen (secondary N) is 1. The molecule has 0 fully saturated rings. The number of hydrogen-bond acceptors (Lipinski definition) is 1. The lowest BCUT2D eigenvalue weighted by atomic mass is 10.4. The van der Waals surface area contributed by atoms with Crippen LogP contribution in [-0.4, -0.2) is 6.04 Å². The third-order valence-corrected chi connectivity index (χ3v) is 1.65. The first-order valence-electron chi connectivity index (χ1n) is 2.01. The quantitative estimate of drug-likeness (QED) is 0.612. The van der Waals surface area contributed by atoms with Gasteiger partial charge >= 0.3 is 0 Å². The Morgan fingerprint density at radius 2 is 1.86 bits per heavy atom. The van der Waals surface area contributed by atoms with E-state index in [4.69, 9.17) is 22.5 Å². The Morgan fingerprint density at radius 3 is 1.86 bits per heavy atom. The van der Waals surface area contributed by atoms with Crippen molar-refractivity contribution in [2.75, 3.05) is 0 Å². The molecule has 0 aliphatic rings. The minimum absolute atomic E-state index is 0.390. The molecule has 7 heavy (non-hydrogen) atoms. The average Bonchev–Trinajstić information content (AvgIpc) is 1.27. The monoisotopic (exact) mass is 159 g/mol. The van der Waals surface area contributed by atoms with Crippen LogP contribution in [0.2, 0.25) is 0 Å². The van der Waals surface area contributed by atoms with Gasteiger partial charge in [-0.05, 0) is 13.8 Å². The molecule has 0 spiro atoms. The fourth-order valence-electron chi connectivity index (χ4n) is 0.195. The van der Waals surface area contributed by atoms with Crippen LogP contribution < -0.4 is 5.09 Å². The minimum Gasteiger partial charge on any atom is -0.269 e. The first kappa shape index (κ1) is 7.97. The fourth-order valence-corrected chi connectivity index (χ4v) is 1.76. The summed E-state index contributed by atoms with van der Waals surface area (Å²) in [6.07, 6.45) is 0. The lowest BCUT2D eigenvalue weighted by Gasteiger charge is -2.05. The molecule has 0 bridgehead atoms. The van der Waals surface area contributed by atoms with Gasteiger partial charge in [0.15, 0.2) is 6.78 Å². The van der Waals surface area contributed by atoms with Gasteiger partial charge in [0.05, 0.1) is 0 Å². The molecule has 0 saturated carbocycles. The molecule has 0 amide bonds. The van der Waals surface area contributed by atoms with Gasteiger partial charge in [0.25, 0.3) is 0 Å². The summed E-state index contributed by atoms with van der Waals surface area (Å²) in [4.78, 5) is 0. The predicted molar refractivity (Wildman–Crippen MR) is 36.9 cm³/mol. The molecule has 0 aromatic carbocycles. The first-order valence-corrected chi connectivity index (χ1v) is 5.16. The summed E-state index contributed by atoms with van der Waals surface area (Å²) >= 11 is 10.8. The maximum atomic E-state index is 5.39. The average molecular weight is 160 g/mol. The molecule has 0 radical (unpaired) electrons. The van der Waals surface area contributed by atoms with Crippen LogP contribution in [0.25, 0.3) is 0 Å². The molecule has 0 rings (SSSR count). The Balaban J connectivity index is 2.95. The van der Waals surface area contributed by atoms with E-state index in [-0.39, 0.29) is 0 Å². The minimum atomic E-state index is -0.945. The number of halogens is 2. The van der Waals surface area contributed by atoms with Crippen LogP contribution in [-0.2, 0) is 0 Å². The maximum absolute atomic E-state index is 5.39. The van der Waals surface area contributed by atoms with Crippen molar-refractivity contribution in [3.05, 3.63) is 0 Å². The summed E-state index contributed by atoms with van der Waals surface area (Å²) < 4.78 is 0. The molecule has 0 saturated heterocycles. The molecule has 1 nitrogen and oxygen atoms in total. The fraction of sp³-hybridized carbons (Fsp3) is 1.00. The highest BCUT2D eigenvalue weighted by atomic mass is 35.9. The highest BCUT2D eigenvalue weighted by molar-refractivity contribution is 8.02. The van der Waals surface area contributed by atoms with Gasteiger partial charge in [0.2, 0.25) is 0 Å². The molecule has 0 aliphatic heterocycles. The normalized spacial score (nSPS) is 11.1. The maximum Gasteiger partial charge on any atom is 0.157 e. The van der Waals surface area contributed by atoms with Crippen molar-refractivity contribution >= 4 is 29.3 Å². The Bertz CT molecular complexity index is 42.2. The summed E-state index contributed by atoms with van der Waals surface area (Å²) in [7, 11) is 0. The molecule has 0 unspecified atom stereocenters. The van der Waals surface area contributed by atoms with Gasteiger partial charge in [-0.2, -0.15) is 0 Å². The van der Waals surface area contributed by atoms with Crippen LogP contribution >= 0.6 is 29.3 Å². The van der Waals surface area contributed by atoms with Crippen LogP contribution in [0.5, 0.6) is 0 Å². The van der Waals surface area contributed by atoms with E-state index in [2.05, 4.69) is 5.09 Å². The Kier molecular flexibility index (Phi) is 4.45. The van der Waals surface area contributed by atoms with Crippen molar-refractivity contribution < 1.29 is 0 Å². The van der Waals surface area contributed by atoms with E-state index < -0.39 is 6.78 Å². The van der Waals surface area contributed by atoms with Gasteiger partial charge < -0.3 is 0 Å². The van der Waals surface area contributed by atoms with Gasteiger partial charge in [0.1, 0.15) is 0 Å². The Labute approximate surface area is 54.8 Å². The summed E-state index contributed by atoms with van der Waals surface area (Å²) in [5.74, 6) is 0. The van der Waals surface area contributed by atoms with Gasteiger partial charge in [-0.1, -0.05) is 22.5 Å². The van der Waals surface area contributed by atoms with Gasteiger partial charge in [-0.3, -0.25) is 5.09 Å². The lowest BCUT2D eigenvalue weighted by molar-refractivity contribution is 0.768. The molecule has 0 atom stereocenters. The molecule has 4 heteroatoms. The van der Waals surface area contributed by atoms with Crippen molar-refractivity contribution in [2.24, 2.45) is 0 Å². The van der Waals surface area contributed by atoms with Crippen LogP contribution in [0.15, 0.2) is 0 Å². The zero-order valence-corrected chi connectivity index (χ0v) is 6.69. The zero-order valence-electron chi connectivity index (χ0n) is 4.28. The molecule has 0 heterocycles. The predicted octanol–water partition coefficient (Wildman–Crippen LogP) is 2.69. The van der Waals surface area contributed by atoms with Crippen LogP contribution in [0.1, 0.15) is 13.8 Å². The third kappa shape index (κ3) is 6.97. The van der Waals surface area contributed by atoms with E-state index >= 15 is 0 Å². The zero-order chi connectivity index (χ0) is 5.86. The standard InChI is InChI=1S/C3H8Cl2NP/c1-3(2)6-7(4)5/h3,6H,1-2H3. The second kappa shape index (κ2) is 3.91. The third-order valence-electron chi connectivity index (χ3n) is 0.356. The largest absolute Gasteiger partial charge is 0.269 e. The molecule has 0 aliphatic carbocycles. The van der Waals surface area contributed by atoms with Gasteiger partial charge in [-0.25, -0.2) is 0 Å². The molecule has 0 aromatic rings. The summed E-state index contributed by atoms with van der Waals surface area (Å²) in [6, 6.07) is 0.390. The van der Waals surface area contributed by atoms with Crippen molar-refractivity contribution in [3.8, 4) is 0 Å². The van der Waals surface area contributed by atoms with E-state index in [0.29, 0.717) is 6.04 Å². The van der Waals surface area contributed by atoms with Crippen LogP contribution in [0.3, 0.4) is 0 Å². The first-order chi connectivity index (χ1) is 3.13. The van der Waals surface area contributed by atoms with Crippen molar-refractivity contribution in [1.82, 2.24) is 5.09 Å². The highest BCUT2D eigenvalue weighted by Crippen LogP contribution is 2.42. The molecule has 44 valence electrons. The lowest BCUT2D eigenvalue weighted by Crippen LogP contribution is -2.12. The molecular formula is C3H8Cl2NP. The Hall–Kier alpha value is 0.970. The van der Waals surface area contributed by atoms with E-state index in [0.717, 1.165) is 0 Å². The molecule has 1 N–H and O–H groups in total. The number of rotatable bonds is 2. The van der Waals surface area contributed by atoms with Crippen LogP contribution in [0.4, 0.5) is 0 Å². The SMILES string of the molecule is CC(C)NP(Cl)Cl. The van der Waals surface area contributed by atoms with Crippen molar-refractivity contribution in [2.45, 2.75) is 19.9 Å². The summed E-state index contributed by atoms with van der Waals surface area (Å²) in [6.45, 7) is 3.05. The second-order valence-corrected chi connectivity index (χ2v) is 4.79. The summed E-state index contributed by atoms with van der Waals surface area (Å²) in [5, 5.41) is 2.90. The Morgan fingerprint density at radius 1 is 1.43 bits per heavy atom. The van der Waals surface area contributed by atoms with Crippen molar-refractivity contribution in [3.63, 3.8) is 0 Å². The van der Waals surface area contributed by atoms with Gasteiger partial charge in [0, 0.05) is 6.04 Å². The van der Waals surface area contributed by atoms with E-state index in [1.807, 2.05) is 13.8 Å². The smallest absolute Gasteiger partial charge is 0.157 e. The van der Waals surface area contributed by atoms with Crippen LogP contribution in [0, 0.1) is 0 Å².